The number of ether oxygens (including phenoxy) is 1. The third-order valence-electron chi connectivity index (χ3n) is 6.82. The van der Waals surface area contributed by atoms with E-state index in [1.165, 1.54) is 18.2 Å². The van der Waals surface area contributed by atoms with Gasteiger partial charge in [0.25, 0.3) is 0 Å². The molecule has 1 aliphatic carbocycles. The fourth-order valence-electron chi connectivity index (χ4n) is 4.81. The van der Waals surface area contributed by atoms with Crippen molar-refractivity contribution in [2.24, 2.45) is 0 Å². The largest absolute Gasteiger partial charge is 0.497 e. The van der Waals surface area contributed by atoms with E-state index in [-0.39, 0.29) is 23.6 Å². The first-order valence-corrected chi connectivity index (χ1v) is 14.1. The molecule has 3 aromatic rings. The molecule has 4 rings (SSSR count). The molecule has 1 aliphatic rings. The lowest BCUT2D eigenvalue weighted by Gasteiger charge is -2.33. The second-order valence-electron chi connectivity index (χ2n) is 9.52. The zero-order chi connectivity index (χ0) is 25.9. The minimum atomic E-state index is -0.612. The van der Waals surface area contributed by atoms with Crippen LogP contribution < -0.4 is 10.1 Å². The zero-order valence-electron chi connectivity index (χ0n) is 21.5. The number of thioether (sulfide) groups is 1. The molecular formula is C31H36N2O3S. The highest BCUT2D eigenvalue weighted by Gasteiger charge is 2.32. The van der Waals surface area contributed by atoms with E-state index >= 15 is 0 Å². The number of benzene rings is 3. The summed E-state index contributed by atoms with van der Waals surface area (Å²) in [5.74, 6) is 0.860. The average Bonchev–Trinajstić information content (AvgIpc) is 2.95. The molecule has 0 spiro atoms. The van der Waals surface area contributed by atoms with Gasteiger partial charge in [-0.1, -0.05) is 79.9 Å². The smallest absolute Gasteiger partial charge is 0.243 e. The Morgan fingerprint density at radius 3 is 2.30 bits per heavy atom. The number of nitrogens with one attached hydrogen (secondary N) is 1. The quantitative estimate of drug-likeness (QED) is 0.324. The lowest BCUT2D eigenvalue weighted by Crippen LogP contribution is -2.53. The maximum absolute atomic E-state index is 13.8. The van der Waals surface area contributed by atoms with E-state index in [1.54, 1.807) is 12.0 Å². The van der Waals surface area contributed by atoms with Gasteiger partial charge in [0.2, 0.25) is 11.8 Å². The molecule has 3 aromatic carbocycles. The first kappa shape index (κ1) is 26.8. The van der Waals surface area contributed by atoms with Gasteiger partial charge < -0.3 is 15.0 Å². The Morgan fingerprint density at radius 1 is 0.919 bits per heavy atom. The van der Waals surface area contributed by atoms with Crippen LogP contribution in [0.3, 0.4) is 0 Å². The van der Waals surface area contributed by atoms with Gasteiger partial charge in [0.15, 0.2) is 0 Å². The van der Waals surface area contributed by atoms with Crippen molar-refractivity contribution in [3.05, 3.63) is 96.1 Å². The van der Waals surface area contributed by atoms with E-state index in [2.05, 4.69) is 5.32 Å². The van der Waals surface area contributed by atoms with E-state index in [0.29, 0.717) is 13.0 Å². The van der Waals surface area contributed by atoms with Crippen molar-refractivity contribution in [2.45, 2.75) is 62.0 Å². The average molecular weight is 517 g/mol. The summed E-state index contributed by atoms with van der Waals surface area (Å²) in [5.41, 5.74) is 1.96. The predicted molar refractivity (Wildman–Crippen MR) is 150 cm³/mol. The van der Waals surface area contributed by atoms with Crippen LogP contribution >= 0.6 is 11.8 Å². The Labute approximate surface area is 224 Å². The number of hydrogen-bond donors (Lipinski definition) is 1. The van der Waals surface area contributed by atoms with E-state index in [9.17, 15) is 9.59 Å². The van der Waals surface area contributed by atoms with Gasteiger partial charge in [0.1, 0.15) is 11.8 Å². The molecule has 0 saturated heterocycles. The minimum Gasteiger partial charge on any atom is -0.497 e. The number of hydrogen-bond acceptors (Lipinski definition) is 4. The van der Waals surface area contributed by atoms with Crippen LogP contribution in [0.5, 0.6) is 5.75 Å². The van der Waals surface area contributed by atoms with Crippen LogP contribution in [0.15, 0.2) is 89.8 Å². The number of nitrogens with zero attached hydrogens (tertiary/aromatic N) is 1. The van der Waals surface area contributed by atoms with E-state index in [1.807, 2.05) is 84.9 Å². The Bertz CT molecular complexity index is 1130. The Balaban J connectivity index is 1.61. The third-order valence-corrected chi connectivity index (χ3v) is 7.81. The molecule has 1 fully saturated rings. The molecule has 5 nitrogen and oxygen atoms in total. The Hall–Kier alpha value is -3.25. The van der Waals surface area contributed by atoms with Crippen molar-refractivity contribution in [2.75, 3.05) is 12.9 Å². The Morgan fingerprint density at radius 2 is 1.59 bits per heavy atom. The molecule has 1 saturated carbocycles. The molecule has 194 valence electrons. The molecule has 1 N–H and O–H groups in total. The van der Waals surface area contributed by atoms with Crippen molar-refractivity contribution in [3.63, 3.8) is 0 Å². The molecule has 1 unspecified atom stereocenters. The molecule has 0 bridgehead atoms. The van der Waals surface area contributed by atoms with Crippen LogP contribution in [0.1, 0.15) is 43.2 Å². The van der Waals surface area contributed by atoms with Crippen molar-refractivity contribution in [1.82, 2.24) is 10.2 Å². The SMILES string of the molecule is COc1cccc(CN(C(=O)CSc2ccccc2)C(Cc2ccccc2)C(=O)NC2CCCCC2)c1. The lowest BCUT2D eigenvalue weighted by atomic mass is 9.94. The van der Waals surface area contributed by atoms with E-state index < -0.39 is 6.04 Å². The summed E-state index contributed by atoms with van der Waals surface area (Å²) in [6.45, 7) is 0.334. The zero-order valence-corrected chi connectivity index (χ0v) is 22.3. The Kier molecular flexibility index (Phi) is 10.1. The second-order valence-corrected chi connectivity index (χ2v) is 10.6. The molecule has 0 aliphatic heterocycles. The van der Waals surface area contributed by atoms with Crippen LogP contribution in [0.25, 0.3) is 0 Å². The van der Waals surface area contributed by atoms with Gasteiger partial charge in [0, 0.05) is 23.9 Å². The van der Waals surface area contributed by atoms with Crippen LogP contribution in [-0.4, -0.2) is 41.7 Å². The van der Waals surface area contributed by atoms with Crippen molar-refractivity contribution < 1.29 is 14.3 Å². The van der Waals surface area contributed by atoms with E-state index in [4.69, 9.17) is 4.74 Å². The van der Waals surface area contributed by atoms with Gasteiger partial charge in [-0.3, -0.25) is 9.59 Å². The van der Waals surface area contributed by atoms with Gasteiger partial charge >= 0.3 is 0 Å². The summed E-state index contributed by atoms with van der Waals surface area (Å²) in [6, 6.07) is 27.2. The number of methoxy groups -OCH3 is 1. The monoisotopic (exact) mass is 516 g/mol. The van der Waals surface area contributed by atoms with Crippen LogP contribution in [0, 0.1) is 0 Å². The predicted octanol–water partition coefficient (Wildman–Crippen LogP) is 5.88. The van der Waals surface area contributed by atoms with Gasteiger partial charge in [-0.25, -0.2) is 0 Å². The molecule has 0 radical (unpaired) electrons. The second kappa shape index (κ2) is 13.9. The summed E-state index contributed by atoms with van der Waals surface area (Å²) in [7, 11) is 1.63. The van der Waals surface area contributed by atoms with Crippen molar-refractivity contribution in [3.8, 4) is 5.75 Å². The normalized spacial score (nSPS) is 14.5. The molecule has 0 heterocycles. The van der Waals surface area contributed by atoms with Crippen molar-refractivity contribution >= 4 is 23.6 Å². The van der Waals surface area contributed by atoms with Gasteiger partial charge in [-0.05, 0) is 48.2 Å². The van der Waals surface area contributed by atoms with Gasteiger partial charge in [-0.15, -0.1) is 11.8 Å². The highest BCUT2D eigenvalue weighted by atomic mass is 32.2. The summed E-state index contributed by atoms with van der Waals surface area (Å²) in [6.07, 6.45) is 5.94. The number of rotatable bonds is 11. The topological polar surface area (TPSA) is 58.6 Å². The molecule has 2 amide bonds. The molecule has 1 atom stereocenters. The van der Waals surface area contributed by atoms with Crippen LogP contribution in [-0.2, 0) is 22.6 Å². The molecule has 6 heteroatoms. The van der Waals surface area contributed by atoms with E-state index in [0.717, 1.165) is 47.5 Å². The summed E-state index contributed by atoms with van der Waals surface area (Å²) < 4.78 is 5.42. The molecule has 37 heavy (non-hydrogen) atoms. The summed E-state index contributed by atoms with van der Waals surface area (Å²) >= 11 is 1.50. The number of carbonyl (C=O) groups excluding carboxylic acids is 2. The summed E-state index contributed by atoms with van der Waals surface area (Å²) in [4.78, 5) is 30.4. The molecule has 0 aromatic heterocycles. The maximum atomic E-state index is 13.8. The highest BCUT2D eigenvalue weighted by molar-refractivity contribution is 8.00. The van der Waals surface area contributed by atoms with Crippen LogP contribution in [0.2, 0.25) is 0 Å². The van der Waals surface area contributed by atoms with Gasteiger partial charge in [-0.2, -0.15) is 0 Å². The van der Waals surface area contributed by atoms with Crippen molar-refractivity contribution in [1.29, 1.82) is 0 Å². The number of amides is 2. The molecular weight excluding hydrogens is 480 g/mol. The highest BCUT2D eigenvalue weighted by Crippen LogP contribution is 2.23. The fraction of sp³-hybridized carbons (Fsp3) is 0.355. The minimum absolute atomic E-state index is 0.0589. The maximum Gasteiger partial charge on any atom is 0.243 e. The first-order chi connectivity index (χ1) is 18.1. The van der Waals surface area contributed by atoms with Crippen LogP contribution in [0.4, 0.5) is 0 Å². The lowest BCUT2D eigenvalue weighted by molar-refractivity contribution is -0.139. The fourth-order valence-corrected chi connectivity index (χ4v) is 5.62. The summed E-state index contributed by atoms with van der Waals surface area (Å²) in [5, 5.41) is 3.29. The standard InChI is InChI=1S/C31H36N2O3S/c1-36-27-17-11-14-25(20-27)22-33(30(34)23-37-28-18-9-4-10-19-28)29(21-24-12-5-2-6-13-24)31(35)32-26-15-7-3-8-16-26/h2,4-6,9-14,17-20,26,29H,3,7-8,15-16,21-23H2,1H3,(H,32,35). The number of carbonyl (C=O) groups is 2. The van der Waals surface area contributed by atoms with Gasteiger partial charge in [0.05, 0.1) is 12.9 Å². The first-order valence-electron chi connectivity index (χ1n) is 13.1. The third kappa shape index (κ3) is 8.12.